The minimum atomic E-state index is -0.0860. The second kappa shape index (κ2) is 6.34. The number of para-hydroxylation sites is 1. The number of pyridine rings is 1. The van der Waals surface area contributed by atoms with Crippen molar-refractivity contribution in [1.82, 2.24) is 9.88 Å². The second-order valence-electron chi connectivity index (χ2n) is 5.60. The lowest BCUT2D eigenvalue weighted by Gasteiger charge is -2.24. The molecule has 4 rings (SSSR count). The molecule has 1 aliphatic heterocycles. The van der Waals surface area contributed by atoms with Crippen LogP contribution in [0.3, 0.4) is 0 Å². The predicted molar refractivity (Wildman–Crippen MR) is 102 cm³/mol. The summed E-state index contributed by atoms with van der Waals surface area (Å²) in [7, 11) is 0. The quantitative estimate of drug-likeness (QED) is 0.639. The van der Waals surface area contributed by atoms with Crippen molar-refractivity contribution in [2.45, 2.75) is 6.04 Å². The van der Waals surface area contributed by atoms with Crippen LogP contribution < -0.4 is 0 Å². The molecule has 0 radical (unpaired) electrons. The Balaban J connectivity index is 1.71. The molecule has 1 amide bonds. The molecule has 1 saturated heterocycles. The number of amides is 1. The maximum atomic E-state index is 13.1. The third kappa shape index (κ3) is 2.70. The molecule has 3 nitrogen and oxygen atoms in total. The van der Waals surface area contributed by atoms with Crippen molar-refractivity contribution in [3.63, 3.8) is 0 Å². The van der Waals surface area contributed by atoms with E-state index < -0.39 is 0 Å². The zero-order valence-corrected chi connectivity index (χ0v) is 14.4. The van der Waals surface area contributed by atoms with Gasteiger partial charge in [-0.2, -0.15) is 0 Å². The Morgan fingerprint density at radius 1 is 1.12 bits per heavy atom. The van der Waals surface area contributed by atoms with E-state index in [1.54, 1.807) is 22.9 Å². The number of carbonyl (C=O) groups excluding carboxylic acids is 1. The minimum Gasteiger partial charge on any atom is -0.285 e. The maximum absolute atomic E-state index is 13.1. The number of hydrogen-bond acceptors (Lipinski definition) is 4. The van der Waals surface area contributed by atoms with Crippen molar-refractivity contribution >= 4 is 45.1 Å². The molecule has 0 aliphatic carbocycles. The average Bonchev–Trinajstić information content (AvgIpc) is 3.03. The molecule has 118 valence electrons. The molecule has 0 bridgehead atoms. The summed E-state index contributed by atoms with van der Waals surface area (Å²) in [6.45, 7) is 0. The van der Waals surface area contributed by atoms with Gasteiger partial charge in [-0.3, -0.25) is 14.7 Å². The van der Waals surface area contributed by atoms with E-state index in [4.69, 9.17) is 12.2 Å². The summed E-state index contributed by atoms with van der Waals surface area (Å²) >= 11 is 6.99. The molecule has 24 heavy (non-hydrogen) atoms. The third-order valence-electron chi connectivity index (χ3n) is 4.11. The van der Waals surface area contributed by atoms with Crippen LogP contribution in [0.2, 0.25) is 0 Å². The van der Waals surface area contributed by atoms with Gasteiger partial charge in [0.05, 0.1) is 17.1 Å². The number of aromatic nitrogens is 1. The fourth-order valence-corrected chi connectivity index (χ4v) is 4.30. The van der Waals surface area contributed by atoms with Crippen molar-refractivity contribution in [3.05, 3.63) is 78.0 Å². The van der Waals surface area contributed by atoms with Crippen molar-refractivity contribution in [1.29, 1.82) is 0 Å². The number of hydrogen-bond donors (Lipinski definition) is 0. The summed E-state index contributed by atoms with van der Waals surface area (Å²) < 4.78 is 0.627. The fourth-order valence-electron chi connectivity index (χ4n) is 2.89. The molecular weight excluding hydrogens is 336 g/mol. The SMILES string of the molecule is O=C(c1cnc2ccccc2c1)N1C(=S)SC[C@@H]1c1ccccc1. The number of benzene rings is 2. The monoisotopic (exact) mass is 350 g/mol. The molecule has 0 unspecified atom stereocenters. The van der Waals surface area contributed by atoms with Gasteiger partial charge < -0.3 is 0 Å². The third-order valence-corrected chi connectivity index (χ3v) is 5.59. The molecule has 2 aromatic carbocycles. The van der Waals surface area contributed by atoms with E-state index in [0.717, 1.165) is 22.2 Å². The van der Waals surface area contributed by atoms with E-state index in [2.05, 4.69) is 4.98 Å². The highest BCUT2D eigenvalue weighted by atomic mass is 32.2. The summed E-state index contributed by atoms with van der Waals surface area (Å²) in [4.78, 5) is 19.2. The zero-order chi connectivity index (χ0) is 16.5. The average molecular weight is 350 g/mol. The standard InChI is InChI=1S/C19H14N2OS2/c22-18(15-10-14-8-4-5-9-16(14)20-11-15)21-17(12-24-19(21)23)13-6-2-1-3-7-13/h1-11,17H,12H2/t17-/m1/s1. The van der Waals surface area contributed by atoms with Crippen LogP contribution in [0.1, 0.15) is 22.0 Å². The van der Waals surface area contributed by atoms with Crippen LogP contribution in [0, 0.1) is 0 Å². The highest BCUT2D eigenvalue weighted by molar-refractivity contribution is 8.23. The molecule has 5 heteroatoms. The highest BCUT2D eigenvalue weighted by Gasteiger charge is 2.35. The van der Waals surface area contributed by atoms with Crippen molar-refractivity contribution in [3.8, 4) is 0 Å². The molecule has 3 aromatic rings. The Morgan fingerprint density at radius 2 is 1.88 bits per heavy atom. The molecule has 1 aromatic heterocycles. The van der Waals surface area contributed by atoms with Crippen molar-refractivity contribution in [2.75, 3.05) is 5.75 Å². The molecule has 0 N–H and O–H groups in total. The number of carbonyl (C=O) groups is 1. The first-order chi connectivity index (χ1) is 11.7. The zero-order valence-electron chi connectivity index (χ0n) is 12.8. The number of fused-ring (bicyclic) bond motifs is 1. The van der Waals surface area contributed by atoms with Crippen LogP contribution in [0.25, 0.3) is 10.9 Å². The Kier molecular flexibility index (Phi) is 4.04. The first-order valence-corrected chi connectivity index (χ1v) is 9.03. The lowest BCUT2D eigenvalue weighted by molar-refractivity contribution is 0.0823. The van der Waals surface area contributed by atoms with Gasteiger partial charge in [0.15, 0.2) is 0 Å². The molecule has 1 atom stereocenters. The van der Waals surface area contributed by atoms with E-state index in [-0.39, 0.29) is 11.9 Å². The van der Waals surface area contributed by atoms with Gasteiger partial charge in [0.1, 0.15) is 4.32 Å². The van der Waals surface area contributed by atoms with Gasteiger partial charge in [-0.15, -0.1) is 0 Å². The van der Waals surface area contributed by atoms with Crippen LogP contribution in [0.4, 0.5) is 0 Å². The van der Waals surface area contributed by atoms with Gasteiger partial charge >= 0.3 is 0 Å². The van der Waals surface area contributed by atoms with Gasteiger partial charge in [0, 0.05) is 17.3 Å². The minimum absolute atomic E-state index is 0.0253. The Labute approximate surface area is 149 Å². The fraction of sp³-hybridized carbons (Fsp3) is 0.105. The second-order valence-corrected chi connectivity index (χ2v) is 7.25. The highest BCUT2D eigenvalue weighted by Crippen LogP contribution is 2.36. The van der Waals surface area contributed by atoms with Crippen LogP contribution in [0.5, 0.6) is 0 Å². The topological polar surface area (TPSA) is 33.2 Å². The Bertz CT molecular complexity index is 927. The summed E-state index contributed by atoms with van der Waals surface area (Å²) in [5.41, 5.74) is 2.55. The molecular formula is C19H14N2OS2. The van der Waals surface area contributed by atoms with Gasteiger partial charge in [0.2, 0.25) is 0 Å². The number of thiocarbonyl (C=S) groups is 1. The van der Waals surface area contributed by atoms with E-state index in [1.165, 1.54) is 0 Å². The lowest BCUT2D eigenvalue weighted by atomic mass is 10.1. The summed E-state index contributed by atoms with van der Waals surface area (Å²) in [5.74, 6) is 0.701. The maximum Gasteiger partial charge on any atom is 0.261 e. The van der Waals surface area contributed by atoms with Crippen LogP contribution in [0.15, 0.2) is 66.9 Å². The van der Waals surface area contributed by atoms with Gasteiger partial charge in [-0.25, -0.2) is 0 Å². The van der Waals surface area contributed by atoms with Gasteiger partial charge in [-0.1, -0.05) is 72.5 Å². The Hall–Kier alpha value is -2.24. The lowest BCUT2D eigenvalue weighted by Crippen LogP contribution is -2.33. The number of thioether (sulfide) groups is 1. The largest absolute Gasteiger partial charge is 0.285 e. The molecule has 1 aliphatic rings. The number of rotatable bonds is 2. The Morgan fingerprint density at radius 3 is 2.71 bits per heavy atom. The van der Waals surface area contributed by atoms with E-state index in [9.17, 15) is 4.79 Å². The van der Waals surface area contributed by atoms with E-state index in [1.807, 2.05) is 60.7 Å². The van der Waals surface area contributed by atoms with Gasteiger partial charge in [-0.05, 0) is 17.7 Å². The number of nitrogens with zero attached hydrogens (tertiary/aromatic N) is 2. The first kappa shape index (κ1) is 15.3. The predicted octanol–water partition coefficient (Wildman–Crippen LogP) is 4.45. The van der Waals surface area contributed by atoms with Crippen LogP contribution in [-0.4, -0.2) is 25.9 Å². The first-order valence-electron chi connectivity index (χ1n) is 7.64. The van der Waals surface area contributed by atoms with E-state index >= 15 is 0 Å². The van der Waals surface area contributed by atoms with Crippen molar-refractivity contribution in [2.24, 2.45) is 0 Å². The molecule has 0 spiro atoms. The summed E-state index contributed by atoms with van der Waals surface area (Å²) in [6, 6.07) is 19.7. The van der Waals surface area contributed by atoms with Crippen LogP contribution in [-0.2, 0) is 0 Å². The normalized spacial score (nSPS) is 17.4. The molecule has 0 saturated carbocycles. The molecule has 1 fully saturated rings. The van der Waals surface area contributed by atoms with Crippen molar-refractivity contribution < 1.29 is 4.79 Å². The molecule has 2 heterocycles. The van der Waals surface area contributed by atoms with Gasteiger partial charge in [0.25, 0.3) is 5.91 Å². The van der Waals surface area contributed by atoms with E-state index in [0.29, 0.717) is 9.88 Å². The summed E-state index contributed by atoms with van der Waals surface area (Å²) in [5, 5.41) is 0.956. The summed E-state index contributed by atoms with van der Waals surface area (Å²) in [6.07, 6.45) is 1.64. The van der Waals surface area contributed by atoms with Crippen LogP contribution >= 0.6 is 24.0 Å². The smallest absolute Gasteiger partial charge is 0.261 e.